The van der Waals surface area contributed by atoms with E-state index in [0.717, 1.165) is 27.7 Å². The first-order valence-corrected chi connectivity index (χ1v) is 8.62. The van der Waals surface area contributed by atoms with E-state index in [0.29, 0.717) is 6.42 Å². The van der Waals surface area contributed by atoms with E-state index in [4.69, 9.17) is 0 Å². The molecule has 0 aliphatic heterocycles. The molecule has 2 aromatic carbocycles. The zero-order valence-electron chi connectivity index (χ0n) is 14.8. The summed E-state index contributed by atoms with van der Waals surface area (Å²) < 4.78 is 15.6. The molecule has 0 aliphatic carbocycles. The summed E-state index contributed by atoms with van der Waals surface area (Å²) in [4.78, 5) is 11.8. The maximum atomic E-state index is 13.4. The highest BCUT2D eigenvalue weighted by atomic mass is 19.1. The van der Waals surface area contributed by atoms with Gasteiger partial charge in [-0.05, 0) is 49.8 Å². The molecule has 3 rings (SSSR count). The van der Waals surface area contributed by atoms with Crippen LogP contribution in [0.15, 0.2) is 54.6 Å². The monoisotopic (exact) mass is 335 g/mol. The fourth-order valence-corrected chi connectivity index (χ4v) is 3.21. The first-order valence-electron chi connectivity index (χ1n) is 8.62. The quantitative estimate of drug-likeness (QED) is 0.522. The van der Waals surface area contributed by atoms with Crippen LogP contribution in [-0.2, 0) is 4.79 Å². The van der Waals surface area contributed by atoms with Crippen molar-refractivity contribution >= 4 is 22.8 Å². The molecule has 2 nitrogen and oxygen atoms in total. The number of para-hydroxylation sites is 1. The molecule has 0 unspecified atom stereocenters. The Balaban J connectivity index is 2.34. The van der Waals surface area contributed by atoms with E-state index in [1.54, 1.807) is 18.2 Å². The van der Waals surface area contributed by atoms with Gasteiger partial charge in [0.25, 0.3) is 0 Å². The zero-order valence-corrected chi connectivity index (χ0v) is 14.8. The Kier molecular flexibility index (Phi) is 4.84. The summed E-state index contributed by atoms with van der Waals surface area (Å²) in [6.07, 6.45) is 4.01. The number of benzene rings is 2. The van der Waals surface area contributed by atoms with Crippen molar-refractivity contribution in [2.75, 3.05) is 0 Å². The second kappa shape index (κ2) is 7.06. The van der Waals surface area contributed by atoms with Gasteiger partial charge in [-0.15, -0.1) is 0 Å². The van der Waals surface area contributed by atoms with Gasteiger partial charge >= 0.3 is 0 Å². The number of carbonyl (C=O) groups is 1. The van der Waals surface area contributed by atoms with Gasteiger partial charge in [0.2, 0.25) is 0 Å². The highest BCUT2D eigenvalue weighted by Gasteiger charge is 2.18. The third-order valence-electron chi connectivity index (χ3n) is 4.37. The van der Waals surface area contributed by atoms with Crippen molar-refractivity contribution in [3.8, 4) is 11.1 Å². The smallest absolute Gasteiger partial charge is 0.155 e. The van der Waals surface area contributed by atoms with E-state index < -0.39 is 0 Å². The van der Waals surface area contributed by atoms with E-state index >= 15 is 0 Å². The van der Waals surface area contributed by atoms with Gasteiger partial charge in [0, 0.05) is 28.9 Å². The van der Waals surface area contributed by atoms with Crippen molar-refractivity contribution < 1.29 is 9.18 Å². The van der Waals surface area contributed by atoms with Gasteiger partial charge in [-0.25, -0.2) is 4.39 Å². The maximum Gasteiger partial charge on any atom is 0.155 e. The van der Waals surface area contributed by atoms with Crippen LogP contribution in [0.5, 0.6) is 0 Å². The first kappa shape index (κ1) is 17.2. The summed E-state index contributed by atoms with van der Waals surface area (Å²) in [5.74, 6) is -0.166. The zero-order chi connectivity index (χ0) is 18.0. The molecule has 0 saturated heterocycles. The number of allylic oxidation sites excluding steroid dienone is 1. The van der Waals surface area contributed by atoms with Gasteiger partial charge in [-0.2, -0.15) is 0 Å². The van der Waals surface area contributed by atoms with E-state index in [1.165, 1.54) is 12.1 Å². The van der Waals surface area contributed by atoms with Gasteiger partial charge in [0.15, 0.2) is 5.78 Å². The van der Waals surface area contributed by atoms with Crippen LogP contribution in [0.2, 0.25) is 0 Å². The Bertz CT molecular complexity index is 933. The fraction of sp³-hybridized carbons (Fsp3) is 0.227. The minimum atomic E-state index is -0.255. The molecule has 0 spiro atoms. The second-order valence-corrected chi connectivity index (χ2v) is 6.40. The fourth-order valence-electron chi connectivity index (χ4n) is 3.21. The van der Waals surface area contributed by atoms with Gasteiger partial charge in [0.05, 0.1) is 5.69 Å². The molecule has 1 heterocycles. The Labute approximate surface area is 147 Å². The average Bonchev–Trinajstić information content (AvgIpc) is 2.94. The molecular formula is C22H22FNO. The summed E-state index contributed by atoms with van der Waals surface area (Å²) in [6, 6.07) is 14.9. The largest absolute Gasteiger partial charge is 0.338 e. The SMILES string of the molecule is CCC(=O)/C=C/c1c(-c2ccc(F)cc2)c2ccccc2n1C(C)C. The molecule has 0 bridgehead atoms. The molecule has 3 heteroatoms. The summed E-state index contributed by atoms with van der Waals surface area (Å²) in [6.45, 7) is 6.10. The first-order chi connectivity index (χ1) is 12.0. The lowest BCUT2D eigenvalue weighted by Crippen LogP contribution is -2.03. The maximum absolute atomic E-state index is 13.4. The van der Waals surface area contributed by atoms with Crippen LogP contribution in [0.3, 0.4) is 0 Å². The lowest BCUT2D eigenvalue weighted by atomic mass is 10.0. The second-order valence-electron chi connectivity index (χ2n) is 6.40. The molecule has 3 aromatic rings. The van der Waals surface area contributed by atoms with Crippen molar-refractivity contribution in [3.05, 3.63) is 66.1 Å². The molecule has 0 radical (unpaired) electrons. The van der Waals surface area contributed by atoms with E-state index in [1.807, 2.05) is 25.1 Å². The predicted octanol–water partition coefficient (Wildman–Crippen LogP) is 6.02. The van der Waals surface area contributed by atoms with Crippen LogP contribution >= 0.6 is 0 Å². The summed E-state index contributed by atoms with van der Waals surface area (Å²) in [7, 11) is 0. The molecule has 0 N–H and O–H groups in total. The van der Waals surface area contributed by atoms with E-state index in [9.17, 15) is 9.18 Å². The van der Waals surface area contributed by atoms with E-state index in [2.05, 4.69) is 30.5 Å². The van der Waals surface area contributed by atoms with Crippen LogP contribution in [0.1, 0.15) is 38.9 Å². The van der Waals surface area contributed by atoms with Crippen molar-refractivity contribution in [1.29, 1.82) is 0 Å². The Morgan fingerprint density at radius 3 is 2.44 bits per heavy atom. The number of fused-ring (bicyclic) bond motifs is 1. The summed E-state index contributed by atoms with van der Waals surface area (Å²) in [5, 5.41) is 1.10. The Hall–Kier alpha value is -2.68. The molecule has 0 aliphatic rings. The number of carbonyl (C=O) groups excluding carboxylic acids is 1. The van der Waals surface area contributed by atoms with Crippen molar-refractivity contribution in [3.63, 3.8) is 0 Å². The van der Waals surface area contributed by atoms with E-state index in [-0.39, 0.29) is 17.6 Å². The molecule has 0 saturated carbocycles. The van der Waals surface area contributed by atoms with Crippen LogP contribution in [0, 0.1) is 5.82 Å². The minimum Gasteiger partial charge on any atom is -0.338 e. The molecule has 0 amide bonds. The van der Waals surface area contributed by atoms with Gasteiger partial charge < -0.3 is 4.57 Å². The number of hydrogen-bond donors (Lipinski definition) is 0. The topological polar surface area (TPSA) is 22.0 Å². The van der Waals surface area contributed by atoms with Crippen LogP contribution in [-0.4, -0.2) is 10.4 Å². The lowest BCUT2D eigenvalue weighted by molar-refractivity contribution is -0.114. The predicted molar refractivity (Wildman–Crippen MR) is 102 cm³/mol. The number of nitrogens with zero attached hydrogens (tertiary/aromatic N) is 1. The summed E-state index contributed by atoms with van der Waals surface area (Å²) >= 11 is 0. The van der Waals surface area contributed by atoms with Crippen LogP contribution < -0.4 is 0 Å². The average molecular weight is 335 g/mol. The molecule has 1 aromatic heterocycles. The lowest BCUT2D eigenvalue weighted by Gasteiger charge is -2.13. The van der Waals surface area contributed by atoms with Crippen LogP contribution in [0.4, 0.5) is 4.39 Å². The highest BCUT2D eigenvalue weighted by molar-refractivity contribution is 6.03. The van der Waals surface area contributed by atoms with Crippen molar-refractivity contribution in [2.45, 2.75) is 33.2 Å². The number of ketones is 1. The number of hydrogen-bond acceptors (Lipinski definition) is 1. The molecule has 0 fully saturated rings. The van der Waals surface area contributed by atoms with Crippen molar-refractivity contribution in [1.82, 2.24) is 4.57 Å². The number of halogens is 1. The standard InChI is InChI=1S/C22H22FNO/c1-4-18(25)13-14-21-22(16-9-11-17(23)12-10-16)19-7-5-6-8-20(19)24(21)15(2)3/h5-15H,4H2,1-3H3/b14-13+. The Morgan fingerprint density at radius 2 is 1.80 bits per heavy atom. The minimum absolute atomic E-state index is 0.0885. The third kappa shape index (κ3) is 3.27. The molecule has 0 atom stereocenters. The normalized spacial score (nSPS) is 11.7. The number of rotatable bonds is 5. The van der Waals surface area contributed by atoms with Crippen LogP contribution in [0.25, 0.3) is 28.1 Å². The third-order valence-corrected chi connectivity index (χ3v) is 4.37. The Morgan fingerprint density at radius 1 is 1.12 bits per heavy atom. The van der Waals surface area contributed by atoms with Gasteiger partial charge in [-0.3, -0.25) is 4.79 Å². The number of aromatic nitrogens is 1. The molecule has 25 heavy (non-hydrogen) atoms. The highest BCUT2D eigenvalue weighted by Crippen LogP contribution is 2.37. The van der Waals surface area contributed by atoms with Crippen molar-refractivity contribution in [2.24, 2.45) is 0 Å². The van der Waals surface area contributed by atoms with Gasteiger partial charge in [-0.1, -0.05) is 37.3 Å². The van der Waals surface area contributed by atoms with Gasteiger partial charge in [0.1, 0.15) is 5.82 Å². The molecular weight excluding hydrogens is 313 g/mol. The molecule has 128 valence electrons. The summed E-state index contributed by atoms with van der Waals surface area (Å²) in [5.41, 5.74) is 4.06.